The number of carbonyl (C=O) groups is 2. The van der Waals surface area contributed by atoms with Gasteiger partial charge in [0.15, 0.2) is 0 Å². The molecule has 0 rings (SSSR count). The van der Waals surface area contributed by atoms with Crippen LogP contribution in [0.3, 0.4) is 0 Å². The molecule has 0 saturated carbocycles. The summed E-state index contributed by atoms with van der Waals surface area (Å²) in [5, 5.41) is 19.5. The van der Waals surface area contributed by atoms with E-state index in [9.17, 15) is 19.8 Å². The van der Waals surface area contributed by atoms with Crippen molar-refractivity contribution in [3.63, 3.8) is 0 Å². The Labute approximate surface area is 166 Å². The summed E-state index contributed by atoms with van der Waals surface area (Å²) in [7, 11) is 0. The Hall–Kier alpha value is -0.270. The van der Waals surface area contributed by atoms with Gasteiger partial charge < -0.3 is 19.8 Å². The van der Waals surface area contributed by atoms with Crippen LogP contribution in [0.15, 0.2) is 0 Å². The normalized spacial score (nSPS) is 9.44. The van der Waals surface area contributed by atoms with Crippen LogP contribution in [0, 0.1) is 0 Å². The molecule has 2 radical (unpaired) electrons. The minimum atomic E-state index is -0.932. The molecule has 0 aliphatic rings. The summed E-state index contributed by atoms with van der Waals surface area (Å²) in [6.45, 7) is 8.64. The van der Waals surface area contributed by atoms with E-state index >= 15 is 0 Å². The van der Waals surface area contributed by atoms with E-state index in [2.05, 4.69) is 13.8 Å². The molecular weight excluding hydrogens is 432 g/mol. The molecule has 0 aromatic heterocycles. The standard InChI is InChI=1S/C8H18Te.2C6H12O2/c1-3-5-7-9-8-6-4-2;2*1-2-3-4-5-6(7)8/h3-8H2,1-2H3;2*2-5H2,1H3,(H,7,8)/q+2;;/p-2. The minimum absolute atomic E-state index is 0.216. The second-order valence-corrected chi connectivity index (χ2v) is 9.47. The molecule has 0 aliphatic carbocycles. The first-order valence-corrected chi connectivity index (χ1v) is 13.2. The maximum atomic E-state index is 9.76. The summed E-state index contributed by atoms with van der Waals surface area (Å²) in [4.78, 5) is 19.5. The van der Waals surface area contributed by atoms with Crippen LogP contribution in [0.5, 0.6) is 0 Å². The summed E-state index contributed by atoms with van der Waals surface area (Å²) in [5.74, 6) is -1.86. The zero-order valence-corrected chi connectivity index (χ0v) is 19.3. The van der Waals surface area contributed by atoms with Crippen LogP contribution in [0.25, 0.3) is 0 Å². The van der Waals surface area contributed by atoms with Crippen molar-refractivity contribution < 1.29 is 19.8 Å². The van der Waals surface area contributed by atoms with Crippen LogP contribution >= 0.6 is 0 Å². The van der Waals surface area contributed by atoms with E-state index in [0.29, 0.717) is 20.9 Å². The molecule has 0 atom stereocenters. The van der Waals surface area contributed by atoms with Gasteiger partial charge in [-0.3, -0.25) is 0 Å². The topological polar surface area (TPSA) is 80.3 Å². The zero-order chi connectivity index (χ0) is 19.8. The average molecular weight is 472 g/mol. The van der Waals surface area contributed by atoms with Gasteiger partial charge >= 0.3 is 69.4 Å². The Kier molecular flexibility index (Phi) is 33.7. The summed E-state index contributed by atoms with van der Waals surface area (Å²) < 4.78 is 3.17. The van der Waals surface area contributed by atoms with Crippen molar-refractivity contribution in [2.24, 2.45) is 0 Å². The van der Waals surface area contributed by atoms with Gasteiger partial charge in [-0.2, -0.15) is 0 Å². The Morgan fingerprint density at radius 1 is 0.600 bits per heavy atom. The van der Waals surface area contributed by atoms with E-state index in [-0.39, 0.29) is 12.8 Å². The maximum absolute atomic E-state index is 9.76. The molecular formula is C20H40O4Te. The quantitative estimate of drug-likeness (QED) is 0.285. The average Bonchev–Trinajstić information content (AvgIpc) is 2.56. The molecule has 0 aromatic carbocycles. The second kappa shape index (κ2) is 28.5. The van der Waals surface area contributed by atoms with Crippen molar-refractivity contribution in [2.75, 3.05) is 0 Å². The van der Waals surface area contributed by atoms with Crippen molar-refractivity contribution in [3.05, 3.63) is 0 Å². The van der Waals surface area contributed by atoms with Gasteiger partial charge in [0.2, 0.25) is 0 Å². The van der Waals surface area contributed by atoms with Gasteiger partial charge in [0.05, 0.1) is 0 Å². The number of hydrogen-bond acceptors (Lipinski definition) is 4. The Morgan fingerprint density at radius 3 is 1.16 bits per heavy atom. The fourth-order valence-corrected chi connectivity index (χ4v) is 5.03. The number of carboxylic acids is 2. The molecule has 0 N–H and O–H groups in total. The van der Waals surface area contributed by atoms with Gasteiger partial charge in [-0.05, 0) is 25.7 Å². The van der Waals surface area contributed by atoms with Crippen LogP contribution in [0.1, 0.15) is 105 Å². The number of unbranched alkanes of at least 4 members (excludes halogenated alkanes) is 6. The summed E-state index contributed by atoms with van der Waals surface area (Å²) in [6, 6.07) is 0. The van der Waals surface area contributed by atoms with Gasteiger partial charge in [0, 0.05) is 11.9 Å². The van der Waals surface area contributed by atoms with Crippen LogP contribution < -0.4 is 10.2 Å². The molecule has 0 fully saturated rings. The van der Waals surface area contributed by atoms with Gasteiger partial charge in [0.1, 0.15) is 0 Å². The van der Waals surface area contributed by atoms with E-state index in [1.165, 1.54) is 25.7 Å². The van der Waals surface area contributed by atoms with E-state index in [0.717, 1.165) is 38.5 Å². The third kappa shape index (κ3) is 45.3. The molecule has 0 saturated heterocycles. The van der Waals surface area contributed by atoms with Crippen LogP contribution in [-0.4, -0.2) is 32.9 Å². The Morgan fingerprint density at radius 2 is 0.920 bits per heavy atom. The molecule has 0 bridgehead atoms. The van der Waals surface area contributed by atoms with Gasteiger partial charge in [-0.15, -0.1) is 0 Å². The van der Waals surface area contributed by atoms with E-state index < -0.39 is 11.9 Å². The van der Waals surface area contributed by atoms with E-state index in [1.807, 2.05) is 13.8 Å². The third-order valence-electron chi connectivity index (χ3n) is 3.25. The predicted octanol–water partition coefficient (Wildman–Crippen LogP) is 3.76. The van der Waals surface area contributed by atoms with Gasteiger partial charge in [0.25, 0.3) is 0 Å². The zero-order valence-electron chi connectivity index (χ0n) is 16.9. The molecule has 4 nitrogen and oxygen atoms in total. The molecule has 25 heavy (non-hydrogen) atoms. The van der Waals surface area contributed by atoms with Crippen LogP contribution in [0.4, 0.5) is 0 Å². The van der Waals surface area contributed by atoms with Crippen LogP contribution in [0.2, 0.25) is 8.94 Å². The fraction of sp³-hybridized carbons (Fsp3) is 0.900. The first-order valence-electron chi connectivity index (χ1n) is 9.93. The first-order chi connectivity index (χ1) is 12.0. The van der Waals surface area contributed by atoms with Crippen LogP contribution in [-0.2, 0) is 9.59 Å². The Balaban J connectivity index is -0.000000291. The molecule has 150 valence electrons. The molecule has 0 unspecified atom stereocenters. The number of rotatable bonds is 14. The monoisotopic (exact) mass is 474 g/mol. The number of hydrogen-bond donors (Lipinski definition) is 0. The molecule has 0 spiro atoms. The molecule has 0 heterocycles. The summed E-state index contributed by atoms with van der Waals surface area (Å²) >= 11 is 0.458. The predicted molar refractivity (Wildman–Crippen MR) is 103 cm³/mol. The molecule has 0 amide bonds. The van der Waals surface area contributed by atoms with E-state index in [1.54, 1.807) is 8.94 Å². The summed E-state index contributed by atoms with van der Waals surface area (Å²) in [5.41, 5.74) is 0. The van der Waals surface area contributed by atoms with Crippen molar-refractivity contribution in [1.82, 2.24) is 0 Å². The number of aliphatic carboxylic acids is 2. The number of carbonyl (C=O) groups excluding carboxylic acids is 2. The molecule has 5 heteroatoms. The summed E-state index contributed by atoms with van der Waals surface area (Å²) in [6.07, 6.45) is 11.9. The third-order valence-corrected chi connectivity index (χ3v) is 6.55. The van der Waals surface area contributed by atoms with Crippen molar-refractivity contribution in [3.8, 4) is 0 Å². The van der Waals surface area contributed by atoms with Crippen molar-refractivity contribution >= 4 is 32.9 Å². The van der Waals surface area contributed by atoms with Crippen molar-refractivity contribution in [1.29, 1.82) is 0 Å². The van der Waals surface area contributed by atoms with Gasteiger partial charge in [-0.25, -0.2) is 0 Å². The van der Waals surface area contributed by atoms with E-state index in [4.69, 9.17) is 0 Å². The fourth-order valence-electron chi connectivity index (χ4n) is 1.63. The Bertz CT molecular complexity index is 244. The van der Waals surface area contributed by atoms with Crippen molar-refractivity contribution in [2.45, 2.75) is 114 Å². The molecule has 0 aliphatic heterocycles. The SMILES string of the molecule is CCCCCC(=O)[O-].CCCCCC(=O)[O-].CCCC[Te+2]CCCC. The molecule has 0 aromatic rings. The number of carboxylic acid groups (broad SMARTS) is 2. The second-order valence-electron chi connectivity index (χ2n) is 5.98. The first kappa shape index (κ1) is 29.5. The van der Waals surface area contributed by atoms with Gasteiger partial charge in [-0.1, -0.05) is 39.5 Å².